The van der Waals surface area contributed by atoms with Gasteiger partial charge in [0.2, 0.25) is 13.6 Å². The van der Waals surface area contributed by atoms with Gasteiger partial charge in [0.05, 0.1) is 23.1 Å². The van der Waals surface area contributed by atoms with Gasteiger partial charge in [-0.05, 0) is 58.4 Å². The monoisotopic (exact) mass is 944 g/mol. The quantitative estimate of drug-likeness (QED) is 0.0347. The van der Waals surface area contributed by atoms with E-state index >= 15 is 0 Å². The summed E-state index contributed by atoms with van der Waals surface area (Å²) in [6, 6.07) is 2.11. The first-order valence-electron chi connectivity index (χ1n) is 21.0. The number of hydrogen-bond acceptors (Lipinski definition) is 20. The molecule has 1 aliphatic heterocycles. The number of halogens is 1. The van der Waals surface area contributed by atoms with Gasteiger partial charge in [0, 0.05) is 17.6 Å². The molecule has 2 aliphatic rings. The molecule has 0 bridgehead atoms. The van der Waals surface area contributed by atoms with Gasteiger partial charge in [-0.2, -0.15) is 5.26 Å². The Balaban J connectivity index is 1.43. The van der Waals surface area contributed by atoms with E-state index in [4.69, 9.17) is 60.5 Å². The Kier molecular flexibility index (Phi) is 18.5. The summed E-state index contributed by atoms with van der Waals surface area (Å²) in [5.41, 5.74) is 9.82. The lowest BCUT2D eigenvalue weighted by molar-refractivity contribution is -0.168. The van der Waals surface area contributed by atoms with Crippen LogP contribution in [0.4, 0.5) is 5.69 Å². The molecule has 1 saturated heterocycles. The highest BCUT2D eigenvalue weighted by Gasteiger charge is 2.45. The molecular weight excluding hydrogens is 883 g/mol. The second-order valence-electron chi connectivity index (χ2n) is 17.9. The lowest BCUT2D eigenvalue weighted by Crippen LogP contribution is -2.40. The SMILES string of the molecule is CC(C)[C@H](N)C(=O)OCC(C)(C)C(=O)OCOP(=O)(COC[C@H]1O[C@@H](n2ccc3c(NC4CCCC4)c(C#N)c(Cl)nc32)[C@H](O)[C@@H]1O)OCOC(=O)C(C)(C)COC(=O)[C@@H](N)C(C)C. The number of nitrogens with two attached hydrogens (primary N) is 2. The first kappa shape index (κ1) is 52.7. The number of carbonyl (C=O) groups is 4. The third-order valence-corrected chi connectivity index (χ3v) is 12.7. The Morgan fingerprint density at radius 3 is 1.94 bits per heavy atom. The van der Waals surface area contributed by atoms with Gasteiger partial charge in [-0.15, -0.1) is 0 Å². The second-order valence-corrected chi connectivity index (χ2v) is 20.2. The maximum absolute atomic E-state index is 14.0. The number of anilines is 1. The van der Waals surface area contributed by atoms with Crippen molar-refractivity contribution in [2.24, 2.45) is 34.1 Å². The molecule has 1 aliphatic carbocycles. The molecule has 7 N–H and O–H groups in total. The van der Waals surface area contributed by atoms with E-state index in [1.54, 1.807) is 40.0 Å². The highest BCUT2D eigenvalue weighted by atomic mass is 35.5. The summed E-state index contributed by atoms with van der Waals surface area (Å²) < 4.78 is 58.7. The van der Waals surface area contributed by atoms with E-state index < -0.39 is 119 Å². The second kappa shape index (κ2) is 22.5. The third kappa shape index (κ3) is 13.3. The molecule has 6 atom stereocenters. The molecule has 0 radical (unpaired) electrons. The summed E-state index contributed by atoms with van der Waals surface area (Å²) in [5.74, 6) is -3.69. The van der Waals surface area contributed by atoms with Crippen LogP contribution < -0.4 is 16.8 Å². The lowest BCUT2D eigenvalue weighted by Gasteiger charge is -2.25. The van der Waals surface area contributed by atoms with Crippen LogP contribution in [0.5, 0.6) is 0 Å². The smallest absolute Gasteiger partial charge is 0.361 e. The summed E-state index contributed by atoms with van der Waals surface area (Å²) in [5, 5.41) is 36.0. The average Bonchev–Trinajstić information content (AvgIpc) is 3.98. The van der Waals surface area contributed by atoms with Crippen molar-refractivity contribution >= 4 is 59.8 Å². The highest BCUT2D eigenvalue weighted by molar-refractivity contribution is 7.53. The molecule has 2 fully saturated rings. The molecule has 23 heteroatoms. The number of nitrogens with zero attached hydrogens (tertiary/aromatic N) is 3. The number of pyridine rings is 1. The number of rotatable bonds is 23. The maximum Gasteiger partial charge on any atom is 0.361 e. The normalized spacial score (nSPS) is 20.6. The van der Waals surface area contributed by atoms with Gasteiger partial charge in [-0.1, -0.05) is 52.1 Å². The first-order valence-corrected chi connectivity index (χ1v) is 23.1. The Morgan fingerprint density at radius 1 is 0.938 bits per heavy atom. The molecule has 2 aromatic rings. The van der Waals surface area contributed by atoms with Crippen LogP contribution in [0.25, 0.3) is 11.0 Å². The van der Waals surface area contributed by atoms with Crippen LogP contribution in [0, 0.1) is 34.0 Å². The van der Waals surface area contributed by atoms with Crippen LogP contribution in [-0.2, 0) is 61.2 Å². The number of fused-ring (bicyclic) bond motifs is 1. The minimum atomic E-state index is -4.51. The zero-order valence-corrected chi connectivity index (χ0v) is 39.1. The van der Waals surface area contributed by atoms with E-state index in [9.17, 15) is 39.2 Å². The predicted molar refractivity (Wildman–Crippen MR) is 229 cm³/mol. The first-order chi connectivity index (χ1) is 29.9. The predicted octanol–water partition coefficient (Wildman–Crippen LogP) is 3.84. The van der Waals surface area contributed by atoms with Gasteiger partial charge in [0.1, 0.15) is 67.2 Å². The Labute approximate surface area is 377 Å². The molecule has 3 heterocycles. The van der Waals surface area contributed by atoms with E-state index in [1.807, 2.05) is 0 Å². The molecular formula is C41H62ClN6O15P. The molecule has 2 aromatic heterocycles. The van der Waals surface area contributed by atoms with Gasteiger partial charge >= 0.3 is 31.5 Å². The van der Waals surface area contributed by atoms with E-state index in [0.717, 1.165) is 25.7 Å². The number of aliphatic hydroxyl groups is 2. The van der Waals surface area contributed by atoms with Crippen LogP contribution in [0.2, 0.25) is 5.15 Å². The molecule has 21 nitrogen and oxygen atoms in total. The summed E-state index contributed by atoms with van der Waals surface area (Å²) in [6.07, 6.45) is -0.839. The van der Waals surface area contributed by atoms with Crippen molar-refractivity contribution in [1.82, 2.24) is 9.55 Å². The number of aromatic nitrogens is 2. The number of nitrogens with one attached hydrogen (secondary N) is 1. The minimum Gasteiger partial charge on any atom is -0.463 e. The molecule has 0 amide bonds. The minimum absolute atomic E-state index is 0.0628. The van der Waals surface area contributed by atoms with E-state index in [-0.39, 0.29) is 34.2 Å². The van der Waals surface area contributed by atoms with Crippen molar-refractivity contribution in [1.29, 1.82) is 5.26 Å². The molecule has 0 spiro atoms. The van der Waals surface area contributed by atoms with Crippen molar-refractivity contribution in [3.8, 4) is 6.07 Å². The Hall–Kier alpha value is -3.94. The number of carbonyl (C=O) groups excluding carboxylic acids is 4. The Morgan fingerprint density at radius 2 is 1.45 bits per heavy atom. The van der Waals surface area contributed by atoms with Gasteiger partial charge in [0.15, 0.2) is 11.4 Å². The summed E-state index contributed by atoms with van der Waals surface area (Å²) >= 11 is 6.47. The fourth-order valence-corrected chi connectivity index (χ4v) is 7.62. The van der Waals surface area contributed by atoms with Crippen LogP contribution in [-0.4, -0.2) is 120 Å². The molecule has 0 aromatic carbocycles. The maximum atomic E-state index is 14.0. The molecule has 64 heavy (non-hydrogen) atoms. The van der Waals surface area contributed by atoms with Crippen LogP contribution in [0.3, 0.4) is 0 Å². The van der Waals surface area contributed by atoms with Crippen LogP contribution >= 0.6 is 19.2 Å². The number of aliphatic hydroxyl groups excluding tert-OH is 2. The van der Waals surface area contributed by atoms with Crippen molar-refractivity contribution in [2.45, 2.75) is 124 Å². The number of hydrogen-bond donors (Lipinski definition) is 5. The lowest BCUT2D eigenvalue weighted by atomic mass is 9.95. The summed E-state index contributed by atoms with van der Waals surface area (Å²) in [6.45, 7) is 9.46. The number of esters is 4. The van der Waals surface area contributed by atoms with Gasteiger partial charge in [-0.25, -0.2) is 4.98 Å². The highest BCUT2D eigenvalue weighted by Crippen LogP contribution is 2.49. The number of nitriles is 1. The van der Waals surface area contributed by atoms with Crippen LogP contribution in [0.15, 0.2) is 12.3 Å². The number of ether oxygens (including phenoxy) is 6. The van der Waals surface area contributed by atoms with Crippen LogP contribution in [0.1, 0.15) is 92.9 Å². The van der Waals surface area contributed by atoms with E-state index in [2.05, 4.69) is 16.4 Å². The van der Waals surface area contributed by atoms with Crippen molar-refractivity contribution in [2.75, 3.05) is 45.1 Å². The van der Waals surface area contributed by atoms with E-state index in [0.29, 0.717) is 11.1 Å². The molecule has 0 unspecified atom stereocenters. The Bertz CT molecular complexity index is 1990. The largest absolute Gasteiger partial charge is 0.463 e. The van der Waals surface area contributed by atoms with Crippen molar-refractivity contribution < 1.29 is 71.4 Å². The van der Waals surface area contributed by atoms with Crippen molar-refractivity contribution in [3.05, 3.63) is 23.0 Å². The topological polar surface area (TPSA) is 305 Å². The standard InChI is InChI=1S/C41H62ClN6O15P/c1-22(2)28(44)36(51)57-17-40(5,6)38(53)59-19-61-64(55,62-20-60-39(54)41(7,8)18-58-37(52)29(45)23(3)4)21-56-16-27-31(49)32(50)35(63-27)48-14-13-25-30(46-24-11-9-10-12-24)26(15-43)33(42)47-34(25)48/h13-14,22-24,27-29,31-32,35,49-50H,9-12,16-21,44-45H2,1-8H3,(H,46,47)/t27-,28+,29+,31-,32-,35-/m1/s1. The fraction of sp³-hybridized carbons (Fsp3) is 0.707. The summed E-state index contributed by atoms with van der Waals surface area (Å²) in [4.78, 5) is 54.9. The van der Waals surface area contributed by atoms with E-state index in [1.165, 1.54) is 32.3 Å². The van der Waals surface area contributed by atoms with Gasteiger partial charge in [-0.3, -0.25) is 32.8 Å². The summed E-state index contributed by atoms with van der Waals surface area (Å²) in [7, 11) is -4.51. The zero-order chi connectivity index (χ0) is 47.7. The van der Waals surface area contributed by atoms with Gasteiger partial charge < -0.3 is 60.0 Å². The molecule has 358 valence electrons. The van der Waals surface area contributed by atoms with Gasteiger partial charge in [0.25, 0.3) is 0 Å². The van der Waals surface area contributed by atoms with Crippen molar-refractivity contribution in [3.63, 3.8) is 0 Å². The zero-order valence-electron chi connectivity index (χ0n) is 37.4. The third-order valence-electron chi connectivity index (χ3n) is 10.9. The fourth-order valence-electron chi connectivity index (χ4n) is 6.43. The molecule has 1 saturated carbocycles. The average molecular weight is 945 g/mol. The molecule has 4 rings (SSSR count).